The molecule has 0 radical (unpaired) electrons. The molecule has 1 unspecified atom stereocenters. The lowest BCUT2D eigenvalue weighted by Crippen LogP contribution is -2.62. The van der Waals surface area contributed by atoms with Crippen LogP contribution in [-0.4, -0.2) is 120 Å². The van der Waals surface area contributed by atoms with E-state index in [-0.39, 0.29) is 0 Å². The second-order valence-corrected chi connectivity index (χ2v) is 5.80. The fourth-order valence-corrected chi connectivity index (χ4v) is 2.30. The van der Waals surface area contributed by atoms with Gasteiger partial charge in [0.05, 0.1) is 12.7 Å². The van der Waals surface area contributed by atoms with E-state index in [1.807, 2.05) is 0 Å². The van der Waals surface area contributed by atoms with Crippen LogP contribution in [0.2, 0.25) is 0 Å². The maximum absolute atomic E-state index is 10.8. The smallest absolute Gasteiger partial charge is 0.335 e. The van der Waals surface area contributed by atoms with Crippen molar-refractivity contribution in [1.29, 1.82) is 0 Å². The zero-order valence-corrected chi connectivity index (χ0v) is 13.2. The summed E-state index contributed by atoms with van der Waals surface area (Å²) in [6.07, 6.45) is -18.6. The molecule has 0 amide bonds. The highest BCUT2D eigenvalue weighted by atomic mass is 16.7. The van der Waals surface area contributed by atoms with Crippen molar-refractivity contribution in [3.63, 3.8) is 0 Å². The molecule has 9 N–H and O–H groups in total. The highest BCUT2D eigenvalue weighted by Crippen LogP contribution is 2.25. The van der Waals surface area contributed by atoms with Crippen molar-refractivity contribution >= 4 is 5.97 Å². The maximum atomic E-state index is 10.8. The van der Waals surface area contributed by atoms with Crippen molar-refractivity contribution in [2.45, 2.75) is 68.1 Å². The Morgan fingerprint density at radius 1 is 1.04 bits per heavy atom. The quantitative estimate of drug-likeness (QED) is 0.195. The molecule has 0 spiro atoms. The minimum absolute atomic E-state index is 0.769. The van der Waals surface area contributed by atoms with Gasteiger partial charge in [-0.15, -0.1) is 0 Å². The second-order valence-electron chi connectivity index (χ2n) is 5.80. The molecule has 0 aromatic heterocycles. The number of aliphatic hydroxyl groups is 8. The van der Waals surface area contributed by atoms with Crippen molar-refractivity contribution in [3.8, 4) is 0 Å². The summed E-state index contributed by atoms with van der Waals surface area (Å²) < 4.78 is 10.1. The first-order valence-electron chi connectivity index (χ1n) is 7.44. The summed E-state index contributed by atoms with van der Waals surface area (Å²) in [7, 11) is 0. The number of carboxylic acid groups (broad SMARTS) is 1. The molecule has 1 saturated heterocycles. The molecule has 25 heavy (non-hydrogen) atoms. The SMILES string of the molecule is CC(O)[C@@H](O)[C@@H](O[C@@H]1O[C@H](CO)[C@H](O)[C@H](O)[C@H]1O)[C@H](O)[C@@H](O)C(=O)O. The van der Waals surface area contributed by atoms with Crippen LogP contribution in [0, 0.1) is 0 Å². The monoisotopic (exact) mass is 372 g/mol. The Bertz CT molecular complexity index is 429. The van der Waals surface area contributed by atoms with Gasteiger partial charge in [-0.3, -0.25) is 0 Å². The molecule has 0 aromatic carbocycles. The van der Waals surface area contributed by atoms with Gasteiger partial charge in [0.25, 0.3) is 0 Å². The van der Waals surface area contributed by atoms with Gasteiger partial charge in [-0.25, -0.2) is 4.79 Å². The van der Waals surface area contributed by atoms with E-state index in [1.165, 1.54) is 0 Å². The molecule has 0 bridgehead atoms. The zero-order chi connectivity index (χ0) is 19.5. The summed E-state index contributed by atoms with van der Waals surface area (Å²) >= 11 is 0. The van der Waals surface area contributed by atoms with Crippen LogP contribution >= 0.6 is 0 Å². The molecule has 0 aromatic rings. The zero-order valence-electron chi connectivity index (χ0n) is 13.2. The van der Waals surface area contributed by atoms with Crippen LogP contribution in [0.15, 0.2) is 0 Å². The lowest BCUT2D eigenvalue weighted by Gasteiger charge is -2.42. The Morgan fingerprint density at radius 3 is 2.04 bits per heavy atom. The Kier molecular flexibility index (Phi) is 8.08. The number of aliphatic hydroxyl groups excluding tert-OH is 8. The molecule has 1 aliphatic heterocycles. The fourth-order valence-electron chi connectivity index (χ4n) is 2.30. The van der Waals surface area contributed by atoms with E-state index in [9.17, 15) is 40.5 Å². The van der Waals surface area contributed by atoms with Crippen LogP contribution in [0.5, 0.6) is 0 Å². The molecular formula is C13H24O12. The molecule has 1 fully saturated rings. The van der Waals surface area contributed by atoms with Crippen LogP contribution in [0.4, 0.5) is 0 Å². The number of carbonyl (C=O) groups is 1. The number of hydrogen-bond acceptors (Lipinski definition) is 11. The molecule has 0 saturated carbocycles. The predicted octanol–water partition coefficient (Wildman–Crippen LogP) is -5.28. The Balaban J connectivity index is 3.01. The van der Waals surface area contributed by atoms with Crippen LogP contribution in [0.1, 0.15) is 6.92 Å². The van der Waals surface area contributed by atoms with E-state index in [0.29, 0.717) is 0 Å². The van der Waals surface area contributed by atoms with Gasteiger partial charge in [-0.1, -0.05) is 0 Å². The third-order valence-corrected chi connectivity index (χ3v) is 3.88. The third-order valence-electron chi connectivity index (χ3n) is 3.88. The molecule has 148 valence electrons. The fraction of sp³-hybridized carbons (Fsp3) is 0.923. The van der Waals surface area contributed by atoms with Gasteiger partial charge in [0, 0.05) is 0 Å². The number of carboxylic acids is 1. The van der Waals surface area contributed by atoms with Gasteiger partial charge >= 0.3 is 5.97 Å². The first-order chi connectivity index (χ1) is 11.5. The largest absolute Gasteiger partial charge is 0.479 e. The van der Waals surface area contributed by atoms with E-state index < -0.39 is 73.8 Å². The van der Waals surface area contributed by atoms with Gasteiger partial charge in [-0.05, 0) is 6.92 Å². The van der Waals surface area contributed by atoms with Crippen molar-refractivity contribution in [2.75, 3.05) is 6.61 Å². The maximum Gasteiger partial charge on any atom is 0.335 e. The van der Waals surface area contributed by atoms with Crippen molar-refractivity contribution in [1.82, 2.24) is 0 Å². The topological polar surface area (TPSA) is 218 Å². The summed E-state index contributed by atoms with van der Waals surface area (Å²) in [5, 5.41) is 85.7. The first kappa shape index (κ1) is 22.1. The Hall–Kier alpha value is -0.930. The number of hydrogen-bond donors (Lipinski definition) is 9. The normalized spacial score (nSPS) is 36.3. The summed E-state index contributed by atoms with van der Waals surface area (Å²) in [5.74, 6) is -1.84. The molecule has 1 rings (SSSR count). The van der Waals surface area contributed by atoms with E-state index in [4.69, 9.17) is 19.7 Å². The van der Waals surface area contributed by atoms with E-state index in [1.54, 1.807) is 0 Å². The Labute approximate surface area is 142 Å². The summed E-state index contributed by atoms with van der Waals surface area (Å²) in [5.41, 5.74) is 0. The third kappa shape index (κ3) is 5.04. The summed E-state index contributed by atoms with van der Waals surface area (Å²) in [4.78, 5) is 10.8. The number of rotatable bonds is 8. The van der Waals surface area contributed by atoms with Crippen LogP contribution in [0.3, 0.4) is 0 Å². The highest BCUT2D eigenvalue weighted by molar-refractivity contribution is 5.72. The Morgan fingerprint density at radius 2 is 1.60 bits per heavy atom. The van der Waals surface area contributed by atoms with E-state index in [0.717, 1.165) is 6.92 Å². The first-order valence-corrected chi connectivity index (χ1v) is 7.44. The average molecular weight is 372 g/mol. The minimum atomic E-state index is -2.40. The molecule has 1 aliphatic rings. The van der Waals surface area contributed by atoms with Gasteiger partial charge < -0.3 is 55.4 Å². The predicted molar refractivity (Wildman–Crippen MR) is 76.0 cm³/mol. The van der Waals surface area contributed by atoms with Crippen LogP contribution < -0.4 is 0 Å². The van der Waals surface area contributed by atoms with Gasteiger partial charge in [0.2, 0.25) is 0 Å². The van der Waals surface area contributed by atoms with Gasteiger partial charge in [0.15, 0.2) is 12.4 Å². The lowest BCUT2D eigenvalue weighted by molar-refractivity contribution is -0.328. The standard InChI is InChI=1S/C13H24O12/c1-3(15)5(16)11(8(19)9(20)12(22)23)25-13-10(21)7(18)6(17)4(2-14)24-13/h3-11,13-21H,2H2,1H3,(H,22,23)/t3?,4-,5-,6+,7+,8-,9-,10-,11-,13+/m1/s1. The van der Waals surface area contributed by atoms with E-state index in [2.05, 4.69) is 0 Å². The van der Waals surface area contributed by atoms with Crippen molar-refractivity contribution in [3.05, 3.63) is 0 Å². The summed E-state index contributed by atoms with van der Waals surface area (Å²) in [6.45, 7) is 0.322. The van der Waals surface area contributed by atoms with E-state index >= 15 is 0 Å². The molecule has 1 heterocycles. The van der Waals surface area contributed by atoms with Crippen molar-refractivity contribution < 1.29 is 60.2 Å². The van der Waals surface area contributed by atoms with Crippen LogP contribution in [0.25, 0.3) is 0 Å². The number of ether oxygens (including phenoxy) is 2. The second kappa shape index (κ2) is 9.14. The molecule has 12 nitrogen and oxygen atoms in total. The molecule has 0 aliphatic carbocycles. The lowest BCUT2D eigenvalue weighted by atomic mass is 9.97. The molecule has 10 atom stereocenters. The summed E-state index contributed by atoms with van der Waals surface area (Å²) in [6, 6.07) is 0. The highest BCUT2D eigenvalue weighted by Gasteiger charge is 2.47. The number of aliphatic carboxylic acids is 1. The van der Waals surface area contributed by atoms with Gasteiger partial charge in [0.1, 0.15) is 42.7 Å². The minimum Gasteiger partial charge on any atom is -0.479 e. The van der Waals surface area contributed by atoms with Crippen LogP contribution in [-0.2, 0) is 14.3 Å². The van der Waals surface area contributed by atoms with Crippen molar-refractivity contribution in [2.24, 2.45) is 0 Å². The average Bonchev–Trinajstić information content (AvgIpc) is 2.57. The molecule has 12 heteroatoms. The van der Waals surface area contributed by atoms with Gasteiger partial charge in [-0.2, -0.15) is 0 Å². The molecular weight excluding hydrogens is 348 g/mol.